The van der Waals surface area contributed by atoms with Gasteiger partial charge in [0.25, 0.3) is 5.56 Å². The number of rotatable bonds is 1. The van der Waals surface area contributed by atoms with Gasteiger partial charge in [-0.1, -0.05) is 13.8 Å². The third kappa shape index (κ3) is 2.33. The van der Waals surface area contributed by atoms with Gasteiger partial charge in [-0.05, 0) is 30.0 Å². The Hall–Kier alpha value is -2.17. The molecule has 2 heterocycles. The van der Waals surface area contributed by atoms with Crippen LogP contribution in [-0.4, -0.2) is 22.6 Å². The van der Waals surface area contributed by atoms with E-state index in [1.165, 1.54) is 7.11 Å². The molecule has 0 saturated heterocycles. The molecule has 0 radical (unpaired) electrons. The number of methoxy groups -OCH3 is 1. The fraction of sp³-hybridized carbons (Fsp3) is 0.438. The molecule has 0 unspecified atom stereocenters. The second kappa shape index (κ2) is 4.69. The number of ether oxygens (including phenoxy) is 1. The van der Waals surface area contributed by atoms with Crippen molar-refractivity contribution in [1.29, 1.82) is 0 Å². The normalized spacial score (nSPS) is 16.5. The SMILES string of the molecule is COC(=O)c1ccc2c(=O)n3c(nc2c1)CCC(C)(C)C3. The second-order valence-corrected chi connectivity index (χ2v) is 6.31. The average molecular weight is 286 g/mol. The van der Waals surface area contributed by atoms with Gasteiger partial charge in [0.05, 0.1) is 23.6 Å². The largest absolute Gasteiger partial charge is 0.465 e. The summed E-state index contributed by atoms with van der Waals surface area (Å²) >= 11 is 0. The van der Waals surface area contributed by atoms with Crippen molar-refractivity contribution in [3.63, 3.8) is 0 Å². The van der Waals surface area contributed by atoms with Crippen molar-refractivity contribution in [2.45, 2.75) is 33.2 Å². The molecule has 110 valence electrons. The van der Waals surface area contributed by atoms with Gasteiger partial charge in [0.15, 0.2) is 0 Å². The lowest BCUT2D eigenvalue weighted by molar-refractivity contribution is 0.0601. The van der Waals surface area contributed by atoms with Crippen molar-refractivity contribution < 1.29 is 9.53 Å². The van der Waals surface area contributed by atoms with Crippen LogP contribution in [0.1, 0.15) is 36.5 Å². The summed E-state index contributed by atoms with van der Waals surface area (Å²) in [6.45, 7) is 5.00. The van der Waals surface area contributed by atoms with E-state index in [2.05, 4.69) is 18.8 Å². The summed E-state index contributed by atoms with van der Waals surface area (Å²) in [6, 6.07) is 4.90. The quantitative estimate of drug-likeness (QED) is 0.754. The zero-order valence-electron chi connectivity index (χ0n) is 12.5. The number of esters is 1. The first-order valence-corrected chi connectivity index (χ1v) is 7.03. The van der Waals surface area contributed by atoms with Gasteiger partial charge in [0, 0.05) is 13.0 Å². The lowest BCUT2D eigenvalue weighted by Crippen LogP contribution is -2.36. The van der Waals surface area contributed by atoms with Gasteiger partial charge in [-0.3, -0.25) is 9.36 Å². The summed E-state index contributed by atoms with van der Waals surface area (Å²) in [5, 5.41) is 0.545. The minimum absolute atomic E-state index is 0.0285. The van der Waals surface area contributed by atoms with Gasteiger partial charge in [0.1, 0.15) is 5.82 Å². The number of nitrogens with zero attached hydrogens (tertiary/aromatic N) is 2. The minimum atomic E-state index is -0.419. The summed E-state index contributed by atoms with van der Waals surface area (Å²) in [7, 11) is 1.34. The maximum atomic E-state index is 12.6. The van der Waals surface area contributed by atoms with E-state index in [-0.39, 0.29) is 11.0 Å². The van der Waals surface area contributed by atoms with Crippen molar-refractivity contribution >= 4 is 16.9 Å². The lowest BCUT2D eigenvalue weighted by atomic mass is 9.85. The monoisotopic (exact) mass is 286 g/mol. The van der Waals surface area contributed by atoms with E-state index in [4.69, 9.17) is 4.74 Å². The van der Waals surface area contributed by atoms with E-state index >= 15 is 0 Å². The number of hydrogen-bond acceptors (Lipinski definition) is 4. The van der Waals surface area contributed by atoms with E-state index in [0.29, 0.717) is 23.0 Å². The van der Waals surface area contributed by atoms with E-state index < -0.39 is 5.97 Å². The van der Waals surface area contributed by atoms with Crippen LogP contribution in [0.25, 0.3) is 10.9 Å². The molecule has 0 spiro atoms. The fourth-order valence-electron chi connectivity index (χ4n) is 2.82. The third-order valence-corrected chi connectivity index (χ3v) is 4.07. The minimum Gasteiger partial charge on any atom is -0.465 e. The molecule has 0 saturated carbocycles. The molecule has 3 rings (SSSR count). The van der Waals surface area contributed by atoms with E-state index in [0.717, 1.165) is 18.7 Å². The summed E-state index contributed by atoms with van der Waals surface area (Å²) in [5.41, 5.74) is 1.06. The molecule has 0 aliphatic carbocycles. The van der Waals surface area contributed by atoms with Gasteiger partial charge in [-0.15, -0.1) is 0 Å². The molecular weight excluding hydrogens is 268 g/mol. The fourth-order valence-corrected chi connectivity index (χ4v) is 2.82. The Bertz CT molecular complexity index is 790. The second-order valence-electron chi connectivity index (χ2n) is 6.31. The van der Waals surface area contributed by atoms with Gasteiger partial charge in [0.2, 0.25) is 0 Å². The standard InChI is InChI=1S/C16H18N2O3/c1-16(2)7-6-13-17-12-8-10(15(20)21-3)4-5-11(12)14(19)18(13)9-16/h4-5,8H,6-7,9H2,1-3H3. The first-order valence-electron chi connectivity index (χ1n) is 7.03. The Balaban J connectivity index is 2.20. The highest BCUT2D eigenvalue weighted by Gasteiger charge is 2.27. The number of fused-ring (bicyclic) bond motifs is 2. The molecule has 1 aliphatic heterocycles. The van der Waals surface area contributed by atoms with Crippen LogP contribution in [0.5, 0.6) is 0 Å². The predicted molar refractivity (Wildman–Crippen MR) is 79.4 cm³/mol. The van der Waals surface area contributed by atoms with Crippen molar-refractivity contribution in [1.82, 2.24) is 9.55 Å². The summed E-state index contributed by atoms with van der Waals surface area (Å²) < 4.78 is 6.47. The predicted octanol–water partition coefficient (Wildman–Crippen LogP) is 2.16. The van der Waals surface area contributed by atoms with Crippen LogP contribution in [0, 0.1) is 5.41 Å². The van der Waals surface area contributed by atoms with Gasteiger partial charge in [-0.25, -0.2) is 9.78 Å². The number of carbonyl (C=O) groups excluding carboxylic acids is 1. The van der Waals surface area contributed by atoms with Gasteiger partial charge >= 0.3 is 5.97 Å². The molecule has 1 aromatic carbocycles. The molecular formula is C16H18N2O3. The number of aromatic nitrogens is 2. The molecule has 0 atom stereocenters. The summed E-state index contributed by atoms with van der Waals surface area (Å²) in [5.74, 6) is 0.381. The van der Waals surface area contributed by atoms with Gasteiger partial charge in [-0.2, -0.15) is 0 Å². The van der Waals surface area contributed by atoms with Crippen LogP contribution in [-0.2, 0) is 17.7 Å². The van der Waals surface area contributed by atoms with Crippen LogP contribution in [0.2, 0.25) is 0 Å². The number of benzene rings is 1. The summed E-state index contributed by atoms with van der Waals surface area (Å²) in [6.07, 6.45) is 1.78. The molecule has 0 N–H and O–H groups in total. The van der Waals surface area contributed by atoms with Crippen molar-refractivity contribution in [3.05, 3.63) is 39.9 Å². The Kier molecular flexibility index (Phi) is 3.08. The molecule has 1 aliphatic rings. The molecule has 5 nitrogen and oxygen atoms in total. The molecule has 21 heavy (non-hydrogen) atoms. The van der Waals surface area contributed by atoms with E-state index in [1.807, 2.05) is 0 Å². The molecule has 2 aromatic rings. The third-order valence-electron chi connectivity index (χ3n) is 4.07. The molecule has 5 heteroatoms. The molecule has 0 fully saturated rings. The van der Waals surface area contributed by atoms with Crippen LogP contribution in [0.3, 0.4) is 0 Å². The first-order chi connectivity index (χ1) is 9.91. The number of carbonyl (C=O) groups is 1. The highest BCUT2D eigenvalue weighted by atomic mass is 16.5. The molecule has 1 aromatic heterocycles. The van der Waals surface area contributed by atoms with Crippen LogP contribution >= 0.6 is 0 Å². The Morgan fingerprint density at radius 1 is 1.38 bits per heavy atom. The van der Waals surface area contributed by atoms with Crippen molar-refractivity contribution in [3.8, 4) is 0 Å². The summed E-state index contributed by atoms with van der Waals surface area (Å²) in [4.78, 5) is 28.8. The average Bonchev–Trinajstić information content (AvgIpc) is 2.46. The Labute approximate surface area is 122 Å². The highest BCUT2D eigenvalue weighted by Crippen LogP contribution is 2.29. The number of aryl methyl sites for hydroxylation is 1. The number of hydrogen-bond donors (Lipinski definition) is 0. The van der Waals surface area contributed by atoms with Crippen molar-refractivity contribution in [2.24, 2.45) is 5.41 Å². The zero-order valence-corrected chi connectivity index (χ0v) is 12.5. The van der Waals surface area contributed by atoms with Crippen molar-refractivity contribution in [2.75, 3.05) is 7.11 Å². The molecule has 0 amide bonds. The van der Waals surface area contributed by atoms with Crippen LogP contribution < -0.4 is 5.56 Å². The maximum absolute atomic E-state index is 12.6. The van der Waals surface area contributed by atoms with E-state index in [9.17, 15) is 9.59 Å². The highest BCUT2D eigenvalue weighted by molar-refractivity contribution is 5.94. The van der Waals surface area contributed by atoms with Gasteiger partial charge < -0.3 is 4.74 Å². The smallest absolute Gasteiger partial charge is 0.337 e. The zero-order chi connectivity index (χ0) is 15.2. The van der Waals surface area contributed by atoms with Crippen LogP contribution in [0.15, 0.2) is 23.0 Å². The maximum Gasteiger partial charge on any atom is 0.337 e. The molecule has 0 bridgehead atoms. The Morgan fingerprint density at radius 3 is 2.86 bits per heavy atom. The Morgan fingerprint density at radius 2 is 2.14 bits per heavy atom. The topological polar surface area (TPSA) is 61.2 Å². The first kappa shape index (κ1) is 13.8. The lowest BCUT2D eigenvalue weighted by Gasteiger charge is -2.31. The van der Waals surface area contributed by atoms with Crippen LogP contribution in [0.4, 0.5) is 0 Å². The van der Waals surface area contributed by atoms with E-state index in [1.54, 1.807) is 22.8 Å².